The Bertz CT molecular complexity index is 120. The van der Waals surface area contributed by atoms with E-state index in [1.807, 2.05) is 0 Å². The lowest BCUT2D eigenvalue weighted by atomic mass is 10.2. The summed E-state index contributed by atoms with van der Waals surface area (Å²) in [5, 5.41) is 0. The number of carbonyl (C=O) groups is 1. The number of alkyl halides is 1. The smallest absolute Gasteiger partial charge is 0.178 e. The number of rotatable bonds is 2. The van der Waals surface area contributed by atoms with E-state index < -0.39 is 6.10 Å². The molecule has 0 aliphatic carbocycles. The molecule has 1 aliphatic heterocycles. The lowest BCUT2D eigenvalue weighted by Crippen LogP contribution is -2.36. The first kappa shape index (κ1) is 7.98. The summed E-state index contributed by atoms with van der Waals surface area (Å²) < 4.78 is 10.1. The lowest BCUT2D eigenvalue weighted by Gasteiger charge is -2.20. The van der Waals surface area contributed by atoms with E-state index in [2.05, 4.69) is 0 Å². The minimum atomic E-state index is -0.425. The summed E-state index contributed by atoms with van der Waals surface area (Å²) >= 11 is 5.30. The summed E-state index contributed by atoms with van der Waals surface area (Å²) in [5.74, 6) is -0.0880. The highest BCUT2D eigenvalue weighted by Gasteiger charge is 2.20. The Morgan fingerprint density at radius 3 is 2.90 bits per heavy atom. The maximum Gasteiger partial charge on any atom is 0.178 e. The Kier molecular flexibility index (Phi) is 3.12. The second kappa shape index (κ2) is 3.91. The average Bonchev–Trinajstić information content (AvgIpc) is 2.05. The molecule has 0 aromatic heterocycles. The van der Waals surface area contributed by atoms with Gasteiger partial charge >= 0.3 is 0 Å². The molecule has 58 valence electrons. The number of hydrogen-bond acceptors (Lipinski definition) is 3. The van der Waals surface area contributed by atoms with Gasteiger partial charge in [-0.1, -0.05) is 0 Å². The van der Waals surface area contributed by atoms with Crippen LogP contribution in [0.25, 0.3) is 0 Å². The third kappa shape index (κ3) is 1.94. The number of halogens is 1. The Morgan fingerprint density at radius 1 is 1.60 bits per heavy atom. The van der Waals surface area contributed by atoms with Crippen molar-refractivity contribution in [2.24, 2.45) is 0 Å². The molecular formula is C6H9ClO3. The minimum absolute atomic E-state index is 0.00796. The molecule has 1 aliphatic rings. The Balaban J connectivity index is 2.31. The average molecular weight is 165 g/mol. The maximum absolute atomic E-state index is 10.8. The van der Waals surface area contributed by atoms with Gasteiger partial charge in [-0.3, -0.25) is 4.79 Å². The molecule has 0 spiro atoms. The number of hydrogen-bond donors (Lipinski definition) is 0. The highest BCUT2D eigenvalue weighted by Crippen LogP contribution is 2.02. The predicted molar refractivity (Wildman–Crippen MR) is 36.3 cm³/mol. The van der Waals surface area contributed by atoms with Gasteiger partial charge in [0.15, 0.2) is 5.78 Å². The van der Waals surface area contributed by atoms with Gasteiger partial charge in [0, 0.05) is 0 Å². The third-order valence-corrected chi connectivity index (χ3v) is 1.57. The van der Waals surface area contributed by atoms with Gasteiger partial charge in [-0.15, -0.1) is 11.6 Å². The molecule has 1 rings (SSSR count). The summed E-state index contributed by atoms with van der Waals surface area (Å²) in [6.45, 7) is 1.42. The zero-order chi connectivity index (χ0) is 7.40. The monoisotopic (exact) mass is 164 g/mol. The molecule has 0 aromatic rings. The fraction of sp³-hybridized carbons (Fsp3) is 0.833. The van der Waals surface area contributed by atoms with Crippen molar-refractivity contribution in [3.63, 3.8) is 0 Å². The quantitative estimate of drug-likeness (QED) is 0.548. The fourth-order valence-electron chi connectivity index (χ4n) is 0.760. The van der Waals surface area contributed by atoms with Crippen LogP contribution in [0.4, 0.5) is 0 Å². The standard InChI is InChI=1S/C6H9ClO3/c7-3-5(8)6-4-9-1-2-10-6/h6H,1-4H2. The van der Waals surface area contributed by atoms with E-state index in [9.17, 15) is 4.79 Å². The van der Waals surface area contributed by atoms with E-state index >= 15 is 0 Å². The molecule has 1 saturated heterocycles. The van der Waals surface area contributed by atoms with Gasteiger partial charge in [0.25, 0.3) is 0 Å². The molecule has 1 heterocycles. The number of ether oxygens (including phenoxy) is 2. The van der Waals surface area contributed by atoms with Crippen molar-refractivity contribution < 1.29 is 14.3 Å². The number of ketones is 1. The molecule has 0 saturated carbocycles. The molecule has 10 heavy (non-hydrogen) atoms. The van der Waals surface area contributed by atoms with Gasteiger partial charge in [-0.05, 0) is 0 Å². The van der Waals surface area contributed by atoms with Crippen LogP contribution in [0.15, 0.2) is 0 Å². The first-order valence-corrected chi connectivity index (χ1v) is 3.66. The second-order valence-corrected chi connectivity index (χ2v) is 2.30. The molecule has 0 amide bonds. The molecule has 0 aromatic carbocycles. The fourth-order valence-corrected chi connectivity index (χ4v) is 0.932. The summed E-state index contributed by atoms with van der Waals surface area (Å²) in [5.41, 5.74) is 0. The van der Waals surface area contributed by atoms with Gasteiger partial charge in [-0.2, -0.15) is 0 Å². The van der Waals surface area contributed by atoms with Crippen molar-refractivity contribution in [1.82, 2.24) is 0 Å². The van der Waals surface area contributed by atoms with E-state index in [-0.39, 0.29) is 11.7 Å². The molecule has 1 atom stereocenters. The minimum Gasteiger partial charge on any atom is -0.376 e. The van der Waals surface area contributed by atoms with Crippen LogP contribution in [0.3, 0.4) is 0 Å². The second-order valence-electron chi connectivity index (χ2n) is 2.03. The van der Waals surface area contributed by atoms with Gasteiger partial charge in [0.2, 0.25) is 0 Å². The van der Waals surface area contributed by atoms with Gasteiger partial charge in [0.1, 0.15) is 6.10 Å². The summed E-state index contributed by atoms with van der Waals surface area (Å²) in [6, 6.07) is 0. The van der Waals surface area contributed by atoms with Gasteiger partial charge < -0.3 is 9.47 Å². The normalized spacial score (nSPS) is 26.3. The maximum atomic E-state index is 10.8. The SMILES string of the molecule is O=C(CCl)C1COCCO1. The van der Waals surface area contributed by atoms with Crippen molar-refractivity contribution in [3.05, 3.63) is 0 Å². The highest BCUT2D eigenvalue weighted by molar-refractivity contribution is 6.28. The van der Waals surface area contributed by atoms with Gasteiger partial charge in [-0.25, -0.2) is 0 Å². The van der Waals surface area contributed by atoms with Gasteiger partial charge in [0.05, 0.1) is 25.7 Å². The predicted octanol–water partition coefficient (Wildman–Crippen LogP) is 0.210. The molecule has 1 fully saturated rings. The number of Topliss-reactive ketones (excluding diaryl/α,β-unsaturated/α-hetero) is 1. The van der Waals surface area contributed by atoms with Crippen LogP contribution in [0.2, 0.25) is 0 Å². The zero-order valence-electron chi connectivity index (χ0n) is 5.51. The highest BCUT2D eigenvalue weighted by atomic mass is 35.5. The summed E-state index contributed by atoms with van der Waals surface area (Å²) in [6.07, 6.45) is -0.425. The number of carbonyl (C=O) groups excluding carboxylic acids is 1. The van der Waals surface area contributed by atoms with Crippen LogP contribution in [0.5, 0.6) is 0 Å². The lowest BCUT2D eigenvalue weighted by molar-refractivity contribution is -0.142. The molecular weight excluding hydrogens is 156 g/mol. The molecule has 1 unspecified atom stereocenters. The molecule has 0 radical (unpaired) electrons. The molecule has 0 bridgehead atoms. The van der Waals surface area contributed by atoms with Crippen molar-refractivity contribution in [1.29, 1.82) is 0 Å². The van der Waals surface area contributed by atoms with E-state index in [4.69, 9.17) is 21.1 Å². The topological polar surface area (TPSA) is 35.5 Å². The first-order valence-electron chi connectivity index (χ1n) is 3.12. The Hall–Kier alpha value is -0.120. The van der Waals surface area contributed by atoms with Crippen molar-refractivity contribution >= 4 is 17.4 Å². The molecule has 3 nitrogen and oxygen atoms in total. The first-order chi connectivity index (χ1) is 4.84. The zero-order valence-corrected chi connectivity index (χ0v) is 6.26. The molecule has 0 N–H and O–H groups in total. The van der Waals surface area contributed by atoms with Crippen LogP contribution in [-0.2, 0) is 14.3 Å². The van der Waals surface area contributed by atoms with Crippen molar-refractivity contribution in [2.45, 2.75) is 6.10 Å². The van der Waals surface area contributed by atoms with E-state index in [0.29, 0.717) is 19.8 Å². The summed E-state index contributed by atoms with van der Waals surface area (Å²) in [7, 11) is 0. The summed E-state index contributed by atoms with van der Waals surface area (Å²) in [4.78, 5) is 10.8. The van der Waals surface area contributed by atoms with E-state index in [1.54, 1.807) is 0 Å². The Labute approximate surface area is 64.3 Å². The van der Waals surface area contributed by atoms with E-state index in [0.717, 1.165) is 0 Å². The van der Waals surface area contributed by atoms with Crippen LogP contribution in [0, 0.1) is 0 Å². The van der Waals surface area contributed by atoms with Crippen LogP contribution >= 0.6 is 11.6 Å². The Morgan fingerprint density at radius 2 is 2.40 bits per heavy atom. The van der Waals surface area contributed by atoms with Crippen molar-refractivity contribution in [2.75, 3.05) is 25.7 Å². The van der Waals surface area contributed by atoms with Crippen LogP contribution < -0.4 is 0 Å². The molecule has 4 heteroatoms. The third-order valence-electron chi connectivity index (χ3n) is 1.31. The van der Waals surface area contributed by atoms with Crippen molar-refractivity contribution in [3.8, 4) is 0 Å². The largest absolute Gasteiger partial charge is 0.376 e. The van der Waals surface area contributed by atoms with Crippen LogP contribution in [-0.4, -0.2) is 37.6 Å². The van der Waals surface area contributed by atoms with Crippen LogP contribution in [0.1, 0.15) is 0 Å². The van der Waals surface area contributed by atoms with E-state index in [1.165, 1.54) is 0 Å².